The van der Waals surface area contributed by atoms with Gasteiger partial charge in [0.25, 0.3) is 11.1 Å². The number of thioether (sulfide) groups is 1. The van der Waals surface area contributed by atoms with Gasteiger partial charge in [-0.1, -0.05) is 16.9 Å². The van der Waals surface area contributed by atoms with Gasteiger partial charge >= 0.3 is 0 Å². The highest BCUT2D eigenvalue weighted by Gasteiger charge is 2.36. The number of nitrogens with one attached hydrogen (secondary N) is 1. The van der Waals surface area contributed by atoms with Crippen molar-refractivity contribution in [1.29, 1.82) is 0 Å². The fourth-order valence-corrected chi connectivity index (χ4v) is 2.94. The number of nitrogens with zero attached hydrogens (tertiary/aromatic N) is 3. The molecule has 7 nitrogen and oxygen atoms in total. The Kier molecular flexibility index (Phi) is 4.19. The summed E-state index contributed by atoms with van der Waals surface area (Å²) in [5.74, 6) is -0.901. The molecule has 1 aliphatic rings. The molecule has 1 N–H and O–H groups in total. The SMILES string of the molecule is CC(C)=C1SC(=O)N(CC(=O)Nc2nnc(C)s2)C1=O. The van der Waals surface area contributed by atoms with E-state index in [-0.39, 0.29) is 6.54 Å². The van der Waals surface area contributed by atoms with E-state index in [9.17, 15) is 14.4 Å². The lowest BCUT2D eigenvalue weighted by molar-refractivity contribution is -0.127. The number of imide groups is 1. The van der Waals surface area contributed by atoms with E-state index in [1.54, 1.807) is 20.8 Å². The summed E-state index contributed by atoms with van der Waals surface area (Å²) in [4.78, 5) is 36.8. The fourth-order valence-electron chi connectivity index (χ4n) is 1.49. The van der Waals surface area contributed by atoms with Gasteiger partial charge < -0.3 is 0 Å². The van der Waals surface area contributed by atoms with Crippen molar-refractivity contribution in [3.63, 3.8) is 0 Å². The summed E-state index contributed by atoms with van der Waals surface area (Å²) < 4.78 is 0. The summed E-state index contributed by atoms with van der Waals surface area (Å²) in [6, 6.07) is 0. The van der Waals surface area contributed by atoms with E-state index in [2.05, 4.69) is 15.5 Å². The molecule has 20 heavy (non-hydrogen) atoms. The van der Waals surface area contributed by atoms with Crippen molar-refractivity contribution in [2.24, 2.45) is 0 Å². The summed E-state index contributed by atoms with van der Waals surface area (Å²) >= 11 is 2.08. The summed E-state index contributed by atoms with van der Waals surface area (Å²) in [6.45, 7) is 4.95. The van der Waals surface area contributed by atoms with Crippen LogP contribution in [-0.2, 0) is 9.59 Å². The molecule has 0 aromatic carbocycles. The van der Waals surface area contributed by atoms with E-state index in [0.717, 1.165) is 27.2 Å². The summed E-state index contributed by atoms with van der Waals surface area (Å²) in [5.41, 5.74) is 0.760. The largest absolute Gasteiger partial charge is 0.299 e. The second-order valence-corrected chi connectivity index (χ2v) is 6.41. The Morgan fingerprint density at radius 3 is 2.50 bits per heavy atom. The Morgan fingerprint density at radius 2 is 2.00 bits per heavy atom. The molecular formula is C11H12N4O3S2. The Bertz CT molecular complexity index is 619. The molecule has 106 valence electrons. The molecule has 0 radical (unpaired) electrons. The van der Waals surface area contributed by atoms with Crippen molar-refractivity contribution in [2.75, 3.05) is 11.9 Å². The van der Waals surface area contributed by atoms with Gasteiger partial charge in [0.05, 0.1) is 4.91 Å². The Morgan fingerprint density at radius 1 is 1.30 bits per heavy atom. The van der Waals surface area contributed by atoms with Crippen molar-refractivity contribution >= 4 is 45.3 Å². The average molecular weight is 312 g/mol. The molecular weight excluding hydrogens is 300 g/mol. The molecule has 1 saturated heterocycles. The van der Waals surface area contributed by atoms with Gasteiger partial charge in [0.2, 0.25) is 11.0 Å². The second kappa shape index (κ2) is 5.71. The quantitative estimate of drug-likeness (QED) is 0.855. The minimum absolute atomic E-state index is 0.319. The van der Waals surface area contributed by atoms with E-state index < -0.39 is 17.1 Å². The first-order valence-corrected chi connectivity index (χ1v) is 7.33. The van der Waals surface area contributed by atoms with E-state index >= 15 is 0 Å². The molecule has 2 heterocycles. The maximum absolute atomic E-state index is 12.0. The number of anilines is 1. The molecule has 0 aliphatic carbocycles. The average Bonchev–Trinajstić information content (AvgIpc) is 2.87. The molecule has 9 heteroatoms. The first-order chi connectivity index (χ1) is 9.38. The maximum Gasteiger partial charge on any atom is 0.294 e. The topological polar surface area (TPSA) is 92.3 Å². The third-order valence-corrected chi connectivity index (χ3v) is 4.31. The lowest BCUT2D eigenvalue weighted by atomic mass is 10.3. The van der Waals surface area contributed by atoms with Gasteiger partial charge in [0.15, 0.2) is 0 Å². The monoisotopic (exact) mass is 312 g/mol. The lowest BCUT2D eigenvalue weighted by Gasteiger charge is -2.11. The summed E-state index contributed by atoms with van der Waals surface area (Å²) in [7, 11) is 0. The van der Waals surface area contributed by atoms with Crippen LogP contribution >= 0.6 is 23.1 Å². The Hall–Kier alpha value is -1.74. The molecule has 3 amide bonds. The molecule has 1 aliphatic heterocycles. The number of hydrogen-bond donors (Lipinski definition) is 1. The van der Waals surface area contributed by atoms with Crippen LogP contribution in [0.4, 0.5) is 9.93 Å². The van der Waals surface area contributed by atoms with Crippen LogP contribution in [-0.4, -0.2) is 38.7 Å². The van der Waals surface area contributed by atoms with Crippen LogP contribution in [0.5, 0.6) is 0 Å². The van der Waals surface area contributed by atoms with E-state index in [1.807, 2.05) is 0 Å². The minimum Gasteiger partial charge on any atom is -0.299 e. The molecule has 0 spiro atoms. The van der Waals surface area contributed by atoms with Gasteiger partial charge in [-0.25, -0.2) is 0 Å². The van der Waals surface area contributed by atoms with Gasteiger partial charge in [0.1, 0.15) is 11.6 Å². The van der Waals surface area contributed by atoms with Crippen LogP contribution in [0.2, 0.25) is 0 Å². The van der Waals surface area contributed by atoms with Gasteiger partial charge in [-0.2, -0.15) is 0 Å². The highest BCUT2D eigenvalue weighted by atomic mass is 32.2. The zero-order valence-corrected chi connectivity index (χ0v) is 12.7. The minimum atomic E-state index is -0.474. The number of aryl methyl sites for hydroxylation is 1. The van der Waals surface area contributed by atoms with Crippen LogP contribution < -0.4 is 5.32 Å². The second-order valence-electron chi connectivity index (χ2n) is 4.26. The third-order valence-electron chi connectivity index (χ3n) is 2.38. The number of hydrogen-bond acceptors (Lipinski definition) is 7. The van der Waals surface area contributed by atoms with Gasteiger partial charge in [-0.15, -0.1) is 10.2 Å². The van der Waals surface area contributed by atoms with Gasteiger partial charge in [-0.05, 0) is 32.5 Å². The highest BCUT2D eigenvalue weighted by molar-refractivity contribution is 8.18. The summed E-state index contributed by atoms with van der Waals surface area (Å²) in [6.07, 6.45) is 0. The van der Waals surface area contributed by atoms with Crippen LogP contribution in [0.25, 0.3) is 0 Å². The van der Waals surface area contributed by atoms with Crippen LogP contribution in [0.1, 0.15) is 18.9 Å². The Balaban J connectivity index is 2.03. The molecule has 1 aromatic rings. The number of aromatic nitrogens is 2. The molecule has 0 saturated carbocycles. The predicted octanol–water partition coefficient (Wildman–Crippen LogP) is 1.77. The van der Waals surface area contributed by atoms with Crippen LogP contribution in [0.15, 0.2) is 10.5 Å². The standard InChI is InChI=1S/C11H12N4O3S2/c1-5(2)8-9(17)15(11(18)20-8)4-7(16)12-10-14-13-6(3)19-10/h4H2,1-3H3,(H,12,14,16). The van der Waals surface area contributed by atoms with E-state index in [1.165, 1.54) is 11.3 Å². The zero-order valence-electron chi connectivity index (χ0n) is 11.1. The maximum atomic E-state index is 12.0. The number of carbonyl (C=O) groups excluding carboxylic acids is 3. The molecule has 0 atom stereocenters. The normalized spacial score (nSPS) is 14.9. The van der Waals surface area contributed by atoms with Crippen molar-refractivity contribution in [3.05, 3.63) is 15.5 Å². The third kappa shape index (κ3) is 3.05. The number of carbonyl (C=O) groups is 3. The van der Waals surface area contributed by atoms with Gasteiger partial charge in [0, 0.05) is 0 Å². The highest BCUT2D eigenvalue weighted by Crippen LogP contribution is 2.32. The van der Waals surface area contributed by atoms with Crippen LogP contribution in [0.3, 0.4) is 0 Å². The molecule has 1 fully saturated rings. The number of rotatable bonds is 3. The van der Waals surface area contributed by atoms with Crippen molar-refractivity contribution < 1.29 is 14.4 Å². The lowest BCUT2D eigenvalue weighted by Crippen LogP contribution is -2.36. The zero-order chi connectivity index (χ0) is 14.9. The van der Waals surface area contributed by atoms with Crippen molar-refractivity contribution in [2.45, 2.75) is 20.8 Å². The van der Waals surface area contributed by atoms with Gasteiger partial charge in [-0.3, -0.25) is 24.6 Å². The number of amides is 3. The first-order valence-electron chi connectivity index (χ1n) is 5.69. The fraction of sp³-hybridized carbons (Fsp3) is 0.364. The smallest absolute Gasteiger partial charge is 0.294 e. The van der Waals surface area contributed by atoms with Crippen molar-refractivity contribution in [1.82, 2.24) is 15.1 Å². The molecule has 0 unspecified atom stereocenters. The van der Waals surface area contributed by atoms with E-state index in [0.29, 0.717) is 10.0 Å². The number of allylic oxidation sites excluding steroid dienone is 1. The summed E-state index contributed by atoms with van der Waals surface area (Å²) in [5, 5.41) is 10.6. The molecule has 0 bridgehead atoms. The first kappa shape index (κ1) is 14.7. The Labute approximate surface area is 123 Å². The van der Waals surface area contributed by atoms with E-state index in [4.69, 9.17) is 0 Å². The predicted molar refractivity (Wildman–Crippen MR) is 76.3 cm³/mol. The van der Waals surface area contributed by atoms with Crippen LogP contribution in [0, 0.1) is 6.92 Å². The molecule has 2 rings (SSSR count). The molecule has 1 aromatic heterocycles. The van der Waals surface area contributed by atoms with Crippen molar-refractivity contribution in [3.8, 4) is 0 Å².